The molecule has 1 aromatic heterocycles. The zero-order valence-corrected chi connectivity index (χ0v) is 11.9. The standard InChI is InChI=1S/C16H13NO2S/c1-10-14(7-13(9-18)20-10)16-15-6-11(8-17)2-3-12(15)4-5-19-16/h2-3,6-7,9,16H,4-5H2,1H3. The molecular weight excluding hydrogens is 270 g/mol. The predicted octanol–water partition coefficient (Wildman–Crippen LogP) is 3.40. The van der Waals surface area contributed by atoms with E-state index in [2.05, 4.69) is 6.07 Å². The smallest absolute Gasteiger partial charge is 0.160 e. The van der Waals surface area contributed by atoms with Crippen molar-refractivity contribution in [1.82, 2.24) is 0 Å². The van der Waals surface area contributed by atoms with Gasteiger partial charge in [-0.25, -0.2) is 0 Å². The minimum Gasteiger partial charge on any atom is -0.368 e. The highest BCUT2D eigenvalue weighted by molar-refractivity contribution is 7.13. The van der Waals surface area contributed by atoms with Crippen molar-refractivity contribution in [1.29, 1.82) is 5.26 Å². The Morgan fingerprint density at radius 2 is 2.25 bits per heavy atom. The molecule has 100 valence electrons. The molecule has 0 radical (unpaired) electrons. The van der Waals surface area contributed by atoms with Gasteiger partial charge in [-0.05, 0) is 48.2 Å². The summed E-state index contributed by atoms with van der Waals surface area (Å²) in [5.74, 6) is 0. The minimum absolute atomic E-state index is 0.169. The maximum Gasteiger partial charge on any atom is 0.160 e. The van der Waals surface area contributed by atoms with Gasteiger partial charge in [0.25, 0.3) is 0 Å². The van der Waals surface area contributed by atoms with Crippen molar-refractivity contribution < 1.29 is 9.53 Å². The molecule has 20 heavy (non-hydrogen) atoms. The topological polar surface area (TPSA) is 50.1 Å². The molecule has 3 rings (SSSR count). The number of hydrogen-bond acceptors (Lipinski definition) is 4. The molecule has 2 heterocycles. The van der Waals surface area contributed by atoms with Gasteiger partial charge in [0, 0.05) is 4.88 Å². The highest BCUT2D eigenvalue weighted by Gasteiger charge is 2.25. The van der Waals surface area contributed by atoms with Crippen LogP contribution in [0.25, 0.3) is 0 Å². The molecule has 4 heteroatoms. The summed E-state index contributed by atoms with van der Waals surface area (Å²) in [6, 6.07) is 9.82. The highest BCUT2D eigenvalue weighted by atomic mass is 32.1. The third kappa shape index (κ3) is 2.15. The Morgan fingerprint density at radius 1 is 1.40 bits per heavy atom. The van der Waals surface area contributed by atoms with E-state index in [0.717, 1.165) is 28.7 Å². The number of aryl methyl sites for hydroxylation is 1. The molecule has 0 spiro atoms. The fourth-order valence-electron chi connectivity index (χ4n) is 2.61. The van der Waals surface area contributed by atoms with Crippen LogP contribution in [0.4, 0.5) is 0 Å². The van der Waals surface area contributed by atoms with Gasteiger partial charge in [0.15, 0.2) is 6.29 Å². The molecular formula is C16H13NO2S. The van der Waals surface area contributed by atoms with Gasteiger partial charge >= 0.3 is 0 Å². The average molecular weight is 283 g/mol. The first kappa shape index (κ1) is 13.0. The fraction of sp³-hybridized carbons (Fsp3) is 0.250. The molecule has 2 aromatic rings. The predicted molar refractivity (Wildman–Crippen MR) is 77.1 cm³/mol. The first-order valence-corrected chi connectivity index (χ1v) is 7.24. The Bertz CT molecular complexity index is 712. The van der Waals surface area contributed by atoms with Gasteiger partial charge in [-0.15, -0.1) is 11.3 Å². The van der Waals surface area contributed by atoms with Crippen LogP contribution in [-0.2, 0) is 11.2 Å². The highest BCUT2D eigenvalue weighted by Crippen LogP contribution is 2.37. The lowest BCUT2D eigenvalue weighted by Gasteiger charge is -2.26. The average Bonchev–Trinajstić information content (AvgIpc) is 2.87. The van der Waals surface area contributed by atoms with Crippen molar-refractivity contribution in [2.45, 2.75) is 19.4 Å². The third-order valence-electron chi connectivity index (χ3n) is 3.59. The SMILES string of the molecule is Cc1sc(C=O)cc1C1OCCc2ccc(C#N)cc21. The number of benzene rings is 1. The number of rotatable bonds is 2. The lowest BCUT2D eigenvalue weighted by atomic mass is 9.92. The number of hydrogen-bond donors (Lipinski definition) is 0. The fourth-order valence-corrected chi connectivity index (χ4v) is 3.48. The number of nitrogens with zero attached hydrogens (tertiary/aromatic N) is 1. The van der Waals surface area contributed by atoms with E-state index in [1.165, 1.54) is 16.9 Å². The number of aldehydes is 1. The van der Waals surface area contributed by atoms with E-state index in [1.54, 1.807) is 0 Å². The van der Waals surface area contributed by atoms with Crippen molar-refractivity contribution in [3.8, 4) is 6.07 Å². The molecule has 1 aliphatic rings. The third-order valence-corrected chi connectivity index (χ3v) is 4.58. The molecule has 0 N–H and O–H groups in total. The van der Waals surface area contributed by atoms with Crippen molar-refractivity contribution in [2.24, 2.45) is 0 Å². The first-order chi connectivity index (χ1) is 9.72. The van der Waals surface area contributed by atoms with Gasteiger partial charge in [-0.3, -0.25) is 4.79 Å². The van der Waals surface area contributed by atoms with Gasteiger partial charge < -0.3 is 4.74 Å². The Labute approximate surface area is 121 Å². The summed E-state index contributed by atoms with van der Waals surface area (Å²) in [5.41, 5.74) is 3.95. The number of thiophene rings is 1. The lowest BCUT2D eigenvalue weighted by Crippen LogP contribution is -2.17. The van der Waals surface area contributed by atoms with E-state index >= 15 is 0 Å². The van der Waals surface area contributed by atoms with Crippen LogP contribution in [0.1, 0.15) is 42.9 Å². The van der Waals surface area contributed by atoms with Crippen LogP contribution in [0, 0.1) is 18.3 Å². The summed E-state index contributed by atoms with van der Waals surface area (Å²) in [7, 11) is 0. The number of nitriles is 1. The first-order valence-electron chi connectivity index (χ1n) is 6.43. The second-order valence-corrected chi connectivity index (χ2v) is 6.09. The minimum atomic E-state index is -0.169. The molecule has 0 aliphatic carbocycles. The van der Waals surface area contributed by atoms with Crippen LogP contribution in [-0.4, -0.2) is 12.9 Å². The summed E-state index contributed by atoms with van der Waals surface area (Å²) >= 11 is 1.48. The number of carbonyl (C=O) groups excluding carboxylic acids is 1. The van der Waals surface area contributed by atoms with E-state index in [1.807, 2.05) is 31.2 Å². The van der Waals surface area contributed by atoms with Crippen LogP contribution in [0.3, 0.4) is 0 Å². The normalized spacial score (nSPS) is 17.3. The quantitative estimate of drug-likeness (QED) is 0.794. The maximum absolute atomic E-state index is 10.9. The Morgan fingerprint density at radius 3 is 2.95 bits per heavy atom. The molecule has 1 atom stereocenters. The summed E-state index contributed by atoms with van der Waals surface area (Å²) < 4.78 is 5.91. The molecule has 1 aromatic carbocycles. The van der Waals surface area contributed by atoms with E-state index in [4.69, 9.17) is 10.00 Å². The number of ether oxygens (including phenoxy) is 1. The molecule has 0 bridgehead atoms. The number of fused-ring (bicyclic) bond motifs is 1. The second-order valence-electron chi connectivity index (χ2n) is 4.80. The van der Waals surface area contributed by atoms with Gasteiger partial charge in [0.2, 0.25) is 0 Å². The molecule has 0 amide bonds. The number of carbonyl (C=O) groups is 1. The van der Waals surface area contributed by atoms with Crippen molar-refractivity contribution in [3.05, 3.63) is 56.3 Å². The summed E-state index contributed by atoms with van der Waals surface area (Å²) in [6.45, 7) is 2.66. The summed E-state index contributed by atoms with van der Waals surface area (Å²) in [6.07, 6.45) is 1.56. The van der Waals surface area contributed by atoms with Crippen molar-refractivity contribution in [2.75, 3.05) is 6.61 Å². The Balaban J connectivity index is 2.11. The van der Waals surface area contributed by atoms with Gasteiger partial charge in [-0.1, -0.05) is 6.07 Å². The molecule has 0 saturated heterocycles. The van der Waals surface area contributed by atoms with Gasteiger partial charge in [0.1, 0.15) is 6.10 Å². The monoisotopic (exact) mass is 283 g/mol. The van der Waals surface area contributed by atoms with Gasteiger partial charge in [0.05, 0.1) is 23.1 Å². The zero-order chi connectivity index (χ0) is 14.1. The Hall–Kier alpha value is -1.96. The van der Waals surface area contributed by atoms with Crippen LogP contribution in [0.2, 0.25) is 0 Å². The largest absolute Gasteiger partial charge is 0.368 e. The van der Waals surface area contributed by atoms with Crippen LogP contribution >= 0.6 is 11.3 Å². The van der Waals surface area contributed by atoms with Crippen LogP contribution < -0.4 is 0 Å². The molecule has 1 aliphatic heterocycles. The lowest BCUT2D eigenvalue weighted by molar-refractivity contribution is 0.0697. The molecule has 1 unspecified atom stereocenters. The van der Waals surface area contributed by atoms with E-state index in [-0.39, 0.29) is 6.10 Å². The Kier molecular flexibility index (Phi) is 3.39. The van der Waals surface area contributed by atoms with E-state index in [0.29, 0.717) is 17.0 Å². The van der Waals surface area contributed by atoms with Crippen LogP contribution in [0.5, 0.6) is 0 Å². The summed E-state index contributed by atoms with van der Waals surface area (Å²) in [4.78, 5) is 12.7. The molecule has 0 saturated carbocycles. The molecule has 3 nitrogen and oxygen atoms in total. The summed E-state index contributed by atoms with van der Waals surface area (Å²) in [5, 5.41) is 9.06. The zero-order valence-electron chi connectivity index (χ0n) is 11.1. The van der Waals surface area contributed by atoms with Crippen molar-refractivity contribution in [3.63, 3.8) is 0 Å². The second kappa shape index (κ2) is 5.20. The van der Waals surface area contributed by atoms with E-state index < -0.39 is 0 Å². The van der Waals surface area contributed by atoms with Crippen molar-refractivity contribution >= 4 is 17.6 Å². The molecule has 0 fully saturated rings. The maximum atomic E-state index is 10.9. The van der Waals surface area contributed by atoms with E-state index in [9.17, 15) is 4.79 Å². The van der Waals surface area contributed by atoms with Crippen LogP contribution in [0.15, 0.2) is 24.3 Å². The van der Waals surface area contributed by atoms with Gasteiger partial charge in [-0.2, -0.15) is 5.26 Å².